The maximum Gasteiger partial charge on any atom is 0.194 e. The van der Waals surface area contributed by atoms with Gasteiger partial charge in [0.15, 0.2) is 21.6 Å². The Bertz CT molecular complexity index is 737. The van der Waals surface area contributed by atoms with Crippen molar-refractivity contribution in [1.29, 1.82) is 0 Å². The predicted octanol–water partition coefficient (Wildman–Crippen LogP) is 0.199. The molecule has 8 nitrogen and oxygen atoms in total. The van der Waals surface area contributed by atoms with E-state index in [9.17, 15) is 8.42 Å². The SMILES string of the molecule is CN=C(NCc1nnc2n1CCCC2)N1CCS(=O)(=O)C(C)(C)C1. The number of sulfone groups is 1. The Labute approximate surface area is 143 Å². The molecule has 0 atom stereocenters. The van der Waals surface area contributed by atoms with Crippen LogP contribution in [0.3, 0.4) is 0 Å². The molecule has 1 aromatic rings. The Balaban J connectivity index is 1.67. The highest BCUT2D eigenvalue weighted by Crippen LogP contribution is 2.23. The van der Waals surface area contributed by atoms with E-state index in [1.165, 1.54) is 6.42 Å². The number of nitrogens with zero attached hydrogens (tertiary/aromatic N) is 5. The second-order valence-corrected chi connectivity index (χ2v) is 9.79. The van der Waals surface area contributed by atoms with Gasteiger partial charge in [-0.2, -0.15) is 0 Å². The summed E-state index contributed by atoms with van der Waals surface area (Å²) >= 11 is 0. The maximum atomic E-state index is 12.2. The van der Waals surface area contributed by atoms with Crippen LogP contribution in [0.5, 0.6) is 0 Å². The lowest BCUT2D eigenvalue weighted by atomic mass is 10.2. The molecule has 0 amide bonds. The van der Waals surface area contributed by atoms with Gasteiger partial charge in [-0.1, -0.05) is 0 Å². The topological polar surface area (TPSA) is 92.5 Å². The molecule has 0 aliphatic carbocycles. The minimum atomic E-state index is -3.06. The molecule has 0 saturated carbocycles. The van der Waals surface area contributed by atoms with Gasteiger partial charge in [0.1, 0.15) is 5.82 Å². The normalized spacial score (nSPS) is 23.0. The first-order chi connectivity index (χ1) is 11.3. The summed E-state index contributed by atoms with van der Waals surface area (Å²) in [5.41, 5.74) is 0. The van der Waals surface area contributed by atoms with E-state index in [1.54, 1.807) is 20.9 Å². The van der Waals surface area contributed by atoms with Gasteiger partial charge in [0.25, 0.3) is 0 Å². The molecule has 1 N–H and O–H groups in total. The fourth-order valence-electron chi connectivity index (χ4n) is 3.31. The molecule has 1 fully saturated rings. The maximum absolute atomic E-state index is 12.2. The van der Waals surface area contributed by atoms with Crippen LogP contribution in [0.1, 0.15) is 38.3 Å². The third kappa shape index (κ3) is 3.13. The third-order valence-electron chi connectivity index (χ3n) is 4.90. The molecule has 0 bridgehead atoms. The number of aliphatic imine (C=N–C) groups is 1. The van der Waals surface area contributed by atoms with Crippen LogP contribution in [0.25, 0.3) is 0 Å². The lowest BCUT2D eigenvalue weighted by Crippen LogP contribution is -2.57. The molecular formula is C15H26N6O2S. The van der Waals surface area contributed by atoms with Gasteiger partial charge in [0.05, 0.1) is 17.0 Å². The van der Waals surface area contributed by atoms with Crippen molar-refractivity contribution < 1.29 is 8.42 Å². The van der Waals surface area contributed by atoms with Crippen LogP contribution in [0.15, 0.2) is 4.99 Å². The summed E-state index contributed by atoms with van der Waals surface area (Å²) in [7, 11) is -1.34. The van der Waals surface area contributed by atoms with Crippen molar-refractivity contribution >= 4 is 15.8 Å². The van der Waals surface area contributed by atoms with Gasteiger partial charge in [-0.25, -0.2) is 8.42 Å². The van der Waals surface area contributed by atoms with Crippen molar-refractivity contribution in [3.63, 3.8) is 0 Å². The van der Waals surface area contributed by atoms with E-state index in [-0.39, 0.29) is 5.75 Å². The van der Waals surface area contributed by atoms with Gasteiger partial charge in [0.2, 0.25) is 0 Å². The Morgan fingerprint density at radius 3 is 2.79 bits per heavy atom. The first-order valence-corrected chi connectivity index (χ1v) is 10.1. The summed E-state index contributed by atoms with van der Waals surface area (Å²) in [6.07, 6.45) is 3.31. The first-order valence-electron chi connectivity index (χ1n) is 8.43. The van der Waals surface area contributed by atoms with Crippen LogP contribution in [0.4, 0.5) is 0 Å². The summed E-state index contributed by atoms with van der Waals surface area (Å²) in [4.78, 5) is 6.32. The van der Waals surface area contributed by atoms with Crippen molar-refractivity contribution in [3.8, 4) is 0 Å². The Morgan fingerprint density at radius 2 is 2.08 bits per heavy atom. The van der Waals surface area contributed by atoms with Gasteiger partial charge in [0, 0.05) is 33.1 Å². The van der Waals surface area contributed by atoms with Crippen LogP contribution >= 0.6 is 0 Å². The second kappa shape index (κ2) is 6.34. The monoisotopic (exact) mass is 354 g/mol. The first kappa shape index (κ1) is 17.2. The molecule has 0 unspecified atom stereocenters. The minimum absolute atomic E-state index is 0.154. The van der Waals surface area contributed by atoms with E-state index in [0.29, 0.717) is 25.6 Å². The van der Waals surface area contributed by atoms with Gasteiger partial charge < -0.3 is 14.8 Å². The molecule has 1 saturated heterocycles. The number of guanidine groups is 1. The van der Waals surface area contributed by atoms with E-state index < -0.39 is 14.6 Å². The molecule has 0 radical (unpaired) electrons. The average molecular weight is 354 g/mol. The number of hydrogen-bond acceptors (Lipinski definition) is 5. The average Bonchev–Trinajstić information content (AvgIpc) is 2.95. The molecule has 3 heterocycles. The van der Waals surface area contributed by atoms with Crippen molar-refractivity contribution in [2.45, 2.75) is 50.9 Å². The molecule has 2 aliphatic rings. The molecule has 24 heavy (non-hydrogen) atoms. The number of aryl methyl sites for hydroxylation is 1. The van der Waals surface area contributed by atoms with Gasteiger partial charge in [-0.15, -0.1) is 10.2 Å². The molecule has 2 aliphatic heterocycles. The summed E-state index contributed by atoms with van der Waals surface area (Å²) in [5, 5.41) is 11.9. The lowest BCUT2D eigenvalue weighted by molar-refractivity contribution is 0.352. The Morgan fingerprint density at radius 1 is 1.29 bits per heavy atom. The number of hydrogen-bond donors (Lipinski definition) is 1. The summed E-state index contributed by atoms with van der Waals surface area (Å²) in [6, 6.07) is 0. The predicted molar refractivity (Wildman–Crippen MR) is 92.6 cm³/mol. The van der Waals surface area contributed by atoms with Crippen molar-refractivity contribution in [2.24, 2.45) is 4.99 Å². The van der Waals surface area contributed by atoms with Gasteiger partial charge >= 0.3 is 0 Å². The second-order valence-electron chi connectivity index (χ2n) is 7.04. The highest BCUT2D eigenvalue weighted by Gasteiger charge is 2.41. The largest absolute Gasteiger partial charge is 0.349 e. The van der Waals surface area contributed by atoms with E-state index in [0.717, 1.165) is 31.0 Å². The Kier molecular flexibility index (Phi) is 4.54. The molecule has 0 spiro atoms. The van der Waals surface area contributed by atoms with Crippen LogP contribution in [0, 0.1) is 0 Å². The highest BCUT2D eigenvalue weighted by atomic mass is 32.2. The summed E-state index contributed by atoms with van der Waals surface area (Å²) in [5.74, 6) is 2.83. The van der Waals surface area contributed by atoms with E-state index in [4.69, 9.17) is 0 Å². The quantitative estimate of drug-likeness (QED) is 0.602. The molecule has 1 aromatic heterocycles. The van der Waals surface area contributed by atoms with Gasteiger partial charge in [-0.05, 0) is 26.7 Å². The summed E-state index contributed by atoms with van der Waals surface area (Å²) < 4.78 is 25.7. The van der Waals surface area contributed by atoms with E-state index in [1.807, 2.05) is 4.90 Å². The zero-order valence-corrected chi connectivity index (χ0v) is 15.4. The standard InChI is InChI=1S/C15H26N6O2S/c1-15(2)11-20(8-9-24(15,22)23)14(16-3)17-10-13-19-18-12-6-4-5-7-21(12)13/h4-11H2,1-3H3,(H,16,17). The minimum Gasteiger partial charge on any atom is -0.349 e. The van der Waals surface area contributed by atoms with Crippen LogP contribution in [-0.2, 0) is 29.3 Å². The zero-order chi connectivity index (χ0) is 17.4. The molecule has 3 rings (SSSR count). The molecule has 9 heteroatoms. The molecule has 134 valence electrons. The Hall–Kier alpha value is -1.64. The number of rotatable bonds is 2. The number of nitrogens with one attached hydrogen (secondary N) is 1. The van der Waals surface area contributed by atoms with Gasteiger partial charge in [-0.3, -0.25) is 4.99 Å². The van der Waals surface area contributed by atoms with Crippen LogP contribution < -0.4 is 5.32 Å². The fourth-order valence-corrected chi connectivity index (χ4v) is 4.68. The summed E-state index contributed by atoms with van der Waals surface area (Å²) in [6.45, 7) is 5.96. The number of aromatic nitrogens is 3. The number of fused-ring (bicyclic) bond motifs is 1. The fraction of sp³-hybridized carbons (Fsp3) is 0.800. The van der Waals surface area contributed by atoms with Crippen molar-refractivity contribution in [2.75, 3.05) is 25.9 Å². The van der Waals surface area contributed by atoms with Crippen molar-refractivity contribution in [1.82, 2.24) is 25.0 Å². The molecule has 0 aromatic carbocycles. The smallest absolute Gasteiger partial charge is 0.194 e. The molecular weight excluding hydrogens is 328 g/mol. The zero-order valence-electron chi connectivity index (χ0n) is 14.6. The highest BCUT2D eigenvalue weighted by molar-refractivity contribution is 7.92. The van der Waals surface area contributed by atoms with Crippen molar-refractivity contribution in [3.05, 3.63) is 11.6 Å². The van der Waals surface area contributed by atoms with E-state index >= 15 is 0 Å². The van der Waals surface area contributed by atoms with Crippen LogP contribution in [0.2, 0.25) is 0 Å². The van der Waals surface area contributed by atoms with E-state index in [2.05, 4.69) is 25.1 Å². The van der Waals surface area contributed by atoms with Crippen LogP contribution in [-0.4, -0.2) is 64.7 Å². The lowest BCUT2D eigenvalue weighted by Gasteiger charge is -2.39. The third-order valence-corrected chi connectivity index (χ3v) is 7.43.